The van der Waals surface area contributed by atoms with Gasteiger partial charge in [-0.3, -0.25) is 4.90 Å². The predicted molar refractivity (Wildman–Crippen MR) is 76.0 cm³/mol. The molecule has 1 aliphatic heterocycles. The van der Waals surface area contributed by atoms with Gasteiger partial charge in [0.25, 0.3) is 0 Å². The van der Waals surface area contributed by atoms with Crippen LogP contribution in [0.1, 0.15) is 32.5 Å². The number of hydrogen-bond acceptors (Lipinski definition) is 4. The van der Waals surface area contributed by atoms with Gasteiger partial charge >= 0.3 is 0 Å². The van der Waals surface area contributed by atoms with E-state index < -0.39 is 0 Å². The fourth-order valence-electron chi connectivity index (χ4n) is 3.00. The summed E-state index contributed by atoms with van der Waals surface area (Å²) in [5.41, 5.74) is 7.34. The van der Waals surface area contributed by atoms with Crippen molar-refractivity contribution in [3.8, 4) is 0 Å². The SMILES string of the molecule is CC(C)N1CCCC1Cc1nc2cc(N)ccn2n1. The molecule has 3 rings (SSSR count). The van der Waals surface area contributed by atoms with E-state index in [-0.39, 0.29) is 0 Å². The predicted octanol–water partition coefficient (Wildman–Crippen LogP) is 1.73. The first-order valence-corrected chi connectivity index (χ1v) is 7.00. The van der Waals surface area contributed by atoms with Gasteiger partial charge in [-0.25, -0.2) is 9.50 Å². The van der Waals surface area contributed by atoms with E-state index in [4.69, 9.17) is 5.73 Å². The number of nitrogens with zero attached hydrogens (tertiary/aromatic N) is 4. The van der Waals surface area contributed by atoms with Gasteiger partial charge in [0.2, 0.25) is 0 Å². The van der Waals surface area contributed by atoms with Crippen LogP contribution in [0.4, 0.5) is 5.69 Å². The third-order valence-electron chi connectivity index (χ3n) is 3.91. The zero-order valence-electron chi connectivity index (χ0n) is 11.6. The molecule has 1 aliphatic rings. The molecule has 0 radical (unpaired) electrons. The molecule has 0 spiro atoms. The largest absolute Gasteiger partial charge is 0.399 e. The summed E-state index contributed by atoms with van der Waals surface area (Å²) in [5.74, 6) is 0.920. The van der Waals surface area contributed by atoms with Crippen molar-refractivity contribution in [3.63, 3.8) is 0 Å². The van der Waals surface area contributed by atoms with Gasteiger partial charge < -0.3 is 5.73 Å². The fraction of sp³-hybridized carbons (Fsp3) is 0.571. The standard InChI is InChI=1S/C14H21N5/c1-10(2)18-6-3-4-12(18)9-13-16-14-8-11(15)5-7-19(14)17-13/h5,7-8,10,12H,3-4,6,9,15H2,1-2H3. The van der Waals surface area contributed by atoms with Gasteiger partial charge in [0.15, 0.2) is 11.5 Å². The average Bonchev–Trinajstić information content (AvgIpc) is 2.95. The van der Waals surface area contributed by atoms with Crippen LogP contribution >= 0.6 is 0 Å². The first-order chi connectivity index (χ1) is 9.13. The Kier molecular flexibility index (Phi) is 3.14. The van der Waals surface area contributed by atoms with Gasteiger partial charge in [-0.15, -0.1) is 0 Å². The summed E-state index contributed by atoms with van der Waals surface area (Å²) < 4.78 is 1.81. The second kappa shape index (κ2) is 4.81. The lowest BCUT2D eigenvalue weighted by Crippen LogP contribution is -2.36. The maximum atomic E-state index is 5.77. The highest BCUT2D eigenvalue weighted by Crippen LogP contribution is 2.22. The molecule has 0 aromatic carbocycles. The molecule has 1 saturated heterocycles. The number of hydrogen-bond donors (Lipinski definition) is 1. The molecule has 5 nitrogen and oxygen atoms in total. The maximum absolute atomic E-state index is 5.77. The topological polar surface area (TPSA) is 59.5 Å². The first-order valence-electron chi connectivity index (χ1n) is 7.00. The van der Waals surface area contributed by atoms with Crippen molar-refractivity contribution in [2.24, 2.45) is 0 Å². The Morgan fingerprint density at radius 2 is 2.32 bits per heavy atom. The molecular weight excluding hydrogens is 238 g/mol. The minimum Gasteiger partial charge on any atom is -0.399 e. The third kappa shape index (κ3) is 2.42. The van der Waals surface area contributed by atoms with E-state index in [9.17, 15) is 0 Å². The number of nitrogen functional groups attached to an aromatic ring is 1. The van der Waals surface area contributed by atoms with Crippen molar-refractivity contribution in [3.05, 3.63) is 24.2 Å². The quantitative estimate of drug-likeness (QED) is 0.912. The molecule has 1 fully saturated rings. The van der Waals surface area contributed by atoms with E-state index in [1.54, 1.807) is 4.52 Å². The lowest BCUT2D eigenvalue weighted by molar-refractivity contribution is 0.201. The van der Waals surface area contributed by atoms with Crippen LogP contribution in [0.15, 0.2) is 18.3 Å². The summed E-state index contributed by atoms with van der Waals surface area (Å²) in [5, 5.41) is 4.53. The van der Waals surface area contributed by atoms with Gasteiger partial charge in [0.1, 0.15) is 0 Å². The van der Waals surface area contributed by atoms with Crippen molar-refractivity contribution in [1.29, 1.82) is 0 Å². The van der Waals surface area contributed by atoms with Crippen LogP contribution in [0.2, 0.25) is 0 Å². The number of likely N-dealkylation sites (tertiary alicyclic amines) is 1. The summed E-state index contributed by atoms with van der Waals surface area (Å²) >= 11 is 0. The molecule has 2 aromatic heterocycles. The summed E-state index contributed by atoms with van der Waals surface area (Å²) in [6.45, 7) is 5.72. The van der Waals surface area contributed by atoms with Crippen molar-refractivity contribution >= 4 is 11.3 Å². The van der Waals surface area contributed by atoms with Gasteiger partial charge in [-0.1, -0.05) is 0 Å². The molecule has 0 saturated carbocycles. The summed E-state index contributed by atoms with van der Waals surface area (Å²) in [6, 6.07) is 4.89. The second-order valence-electron chi connectivity index (χ2n) is 5.62. The molecule has 102 valence electrons. The van der Waals surface area contributed by atoms with E-state index in [0.717, 1.165) is 23.6 Å². The molecule has 2 aromatic rings. The molecular formula is C14H21N5. The van der Waals surface area contributed by atoms with E-state index in [1.165, 1.54) is 19.4 Å². The van der Waals surface area contributed by atoms with Crippen LogP contribution in [0, 0.1) is 0 Å². The van der Waals surface area contributed by atoms with Crippen LogP contribution in [-0.4, -0.2) is 38.1 Å². The molecule has 0 bridgehead atoms. The number of nitrogens with two attached hydrogens (primary N) is 1. The van der Waals surface area contributed by atoms with Crippen LogP contribution in [0.3, 0.4) is 0 Å². The second-order valence-corrected chi connectivity index (χ2v) is 5.62. The van der Waals surface area contributed by atoms with Gasteiger partial charge in [-0.05, 0) is 39.3 Å². The monoisotopic (exact) mass is 259 g/mol. The zero-order chi connectivity index (χ0) is 13.4. The molecule has 5 heteroatoms. The molecule has 0 amide bonds. The smallest absolute Gasteiger partial charge is 0.157 e. The lowest BCUT2D eigenvalue weighted by atomic mass is 10.1. The van der Waals surface area contributed by atoms with Gasteiger partial charge in [-0.2, -0.15) is 5.10 Å². The Bertz CT molecular complexity index is 574. The lowest BCUT2D eigenvalue weighted by Gasteiger charge is -2.27. The fourth-order valence-corrected chi connectivity index (χ4v) is 3.00. The zero-order valence-corrected chi connectivity index (χ0v) is 11.6. The minimum absolute atomic E-state index is 0.578. The summed E-state index contributed by atoms with van der Waals surface area (Å²) in [7, 11) is 0. The number of anilines is 1. The molecule has 3 heterocycles. The van der Waals surface area contributed by atoms with Gasteiger partial charge in [0, 0.05) is 36.5 Å². The van der Waals surface area contributed by atoms with Crippen molar-refractivity contribution < 1.29 is 0 Å². The van der Waals surface area contributed by atoms with Crippen LogP contribution in [-0.2, 0) is 6.42 Å². The van der Waals surface area contributed by atoms with Crippen molar-refractivity contribution in [1.82, 2.24) is 19.5 Å². The molecule has 2 N–H and O–H groups in total. The van der Waals surface area contributed by atoms with Crippen molar-refractivity contribution in [2.45, 2.75) is 45.2 Å². The first kappa shape index (κ1) is 12.4. The van der Waals surface area contributed by atoms with E-state index in [1.807, 2.05) is 18.3 Å². The Labute approximate surface area is 113 Å². The Balaban J connectivity index is 1.81. The maximum Gasteiger partial charge on any atom is 0.157 e. The normalized spacial score (nSPS) is 20.7. The number of rotatable bonds is 3. The summed E-state index contributed by atoms with van der Waals surface area (Å²) in [6.07, 6.45) is 5.33. The van der Waals surface area contributed by atoms with Crippen LogP contribution in [0.25, 0.3) is 5.65 Å². The highest BCUT2D eigenvalue weighted by molar-refractivity contribution is 5.50. The Morgan fingerprint density at radius 1 is 1.47 bits per heavy atom. The summed E-state index contributed by atoms with van der Waals surface area (Å²) in [4.78, 5) is 7.13. The third-order valence-corrected chi connectivity index (χ3v) is 3.91. The van der Waals surface area contributed by atoms with Gasteiger partial charge in [0.05, 0.1) is 0 Å². The number of pyridine rings is 1. The highest BCUT2D eigenvalue weighted by Gasteiger charge is 2.27. The average molecular weight is 259 g/mol. The number of fused-ring (bicyclic) bond motifs is 1. The molecule has 1 atom stereocenters. The number of aromatic nitrogens is 3. The van der Waals surface area contributed by atoms with E-state index in [0.29, 0.717) is 12.1 Å². The molecule has 1 unspecified atom stereocenters. The van der Waals surface area contributed by atoms with E-state index >= 15 is 0 Å². The molecule has 0 aliphatic carbocycles. The minimum atomic E-state index is 0.578. The Hall–Kier alpha value is -1.62. The Morgan fingerprint density at radius 3 is 3.11 bits per heavy atom. The van der Waals surface area contributed by atoms with E-state index in [2.05, 4.69) is 28.8 Å². The van der Waals surface area contributed by atoms with Crippen LogP contribution in [0.5, 0.6) is 0 Å². The van der Waals surface area contributed by atoms with Crippen molar-refractivity contribution in [2.75, 3.05) is 12.3 Å². The molecule has 19 heavy (non-hydrogen) atoms. The van der Waals surface area contributed by atoms with Crippen LogP contribution < -0.4 is 5.73 Å². The highest BCUT2D eigenvalue weighted by atomic mass is 15.3.